The number of fused-ring (bicyclic) bond motifs is 1. The summed E-state index contributed by atoms with van der Waals surface area (Å²) in [5.41, 5.74) is 2.38. The molecular weight excluding hydrogens is 388 g/mol. The zero-order chi connectivity index (χ0) is 19.8. The second-order valence-electron chi connectivity index (χ2n) is 7.23. The minimum atomic E-state index is -0.551. The van der Waals surface area contributed by atoms with E-state index < -0.39 is 5.54 Å². The first-order valence-electron chi connectivity index (χ1n) is 9.55. The highest BCUT2D eigenvalue weighted by Gasteiger charge is 2.44. The molecule has 0 radical (unpaired) electrons. The highest BCUT2D eigenvalue weighted by molar-refractivity contribution is 7.13. The summed E-state index contributed by atoms with van der Waals surface area (Å²) in [5.74, 6) is 0.387. The number of para-hydroxylation sites is 2. The first kappa shape index (κ1) is 17.9. The summed E-state index contributed by atoms with van der Waals surface area (Å²) in [6.45, 7) is 1.90. The maximum Gasteiger partial charge on any atom is 0.302 e. The van der Waals surface area contributed by atoms with Crippen LogP contribution in [-0.2, 0) is 4.79 Å². The van der Waals surface area contributed by atoms with Gasteiger partial charge in [-0.2, -0.15) is 4.98 Å². The number of allylic oxidation sites excluding steroid dienone is 1. The van der Waals surface area contributed by atoms with Crippen molar-refractivity contribution in [1.29, 1.82) is 0 Å². The molecule has 1 aliphatic carbocycles. The van der Waals surface area contributed by atoms with E-state index in [1.807, 2.05) is 36.6 Å². The van der Waals surface area contributed by atoms with Crippen molar-refractivity contribution in [2.75, 3.05) is 10.6 Å². The number of benzene rings is 1. The van der Waals surface area contributed by atoms with Gasteiger partial charge in [-0.05, 0) is 31.9 Å². The Hall–Kier alpha value is -3.20. The summed E-state index contributed by atoms with van der Waals surface area (Å²) in [7, 11) is 0. The van der Waals surface area contributed by atoms with Gasteiger partial charge < -0.3 is 9.73 Å². The van der Waals surface area contributed by atoms with E-state index in [9.17, 15) is 4.79 Å². The number of nitrogens with one attached hydrogen (secondary N) is 3. The van der Waals surface area contributed by atoms with Gasteiger partial charge in [0.1, 0.15) is 5.52 Å². The number of hydrogen-bond donors (Lipinski definition) is 3. The van der Waals surface area contributed by atoms with Crippen LogP contribution in [0.3, 0.4) is 0 Å². The average molecular weight is 408 g/mol. The van der Waals surface area contributed by atoms with E-state index in [2.05, 4.69) is 25.9 Å². The Balaban J connectivity index is 1.44. The number of carbonyl (C=O) groups excluding carboxylic acids is 1. The molecule has 3 aromatic rings. The summed E-state index contributed by atoms with van der Waals surface area (Å²) in [5, 5.41) is 11.7. The maximum atomic E-state index is 13.1. The third kappa shape index (κ3) is 3.27. The fraction of sp³-hybridized carbons (Fsp3) is 0.300. The number of hydrogen-bond acceptors (Lipinski definition) is 8. The number of carbonyl (C=O) groups is 1. The lowest BCUT2D eigenvalue weighted by molar-refractivity contribution is -0.113. The lowest BCUT2D eigenvalue weighted by Gasteiger charge is -2.33. The van der Waals surface area contributed by atoms with E-state index in [4.69, 9.17) is 9.41 Å². The van der Waals surface area contributed by atoms with Gasteiger partial charge in [0.15, 0.2) is 10.7 Å². The maximum absolute atomic E-state index is 13.1. The molecule has 148 valence electrons. The number of rotatable bonds is 3. The van der Waals surface area contributed by atoms with Crippen LogP contribution in [0.25, 0.3) is 11.1 Å². The Morgan fingerprint density at radius 3 is 2.86 bits per heavy atom. The zero-order valence-electron chi connectivity index (χ0n) is 15.9. The fourth-order valence-electron chi connectivity index (χ4n) is 4.12. The topological polar surface area (TPSA) is 104 Å². The van der Waals surface area contributed by atoms with Crippen LogP contribution >= 0.6 is 11.3 Å². The molecule has 29 heavy (non-hydrogen) atoms. The SMILES string of the molecule is CC1=C(C(=O)Nc2nccs2)C2(CCCC2)N=C(Nc2nc3ccccc3o2)N1. The van der Waals surface area contributed by atoms with E-state index in [0.29, 0.717) is 28.3 Å². The Labute approximate surface area is 171 Å². The van der Waals surface area contributed by atoms with Crippen molar-refractivity contribution in [3.8, 4) is 0 Å². The van der Waals surface area contributed by atoms with Crippen LogP contribution in [0.5, 0.6) is 0 Å². The highest BCUT2D eigenvalue weighted by atomic mass is 32.1. The molecule has 0 atom stereocenters. The van der Waals surface area contributed by atoms with Crippen LogP contribution in [0.1, 0.15) is 32.6 Å². The quantitative estimate of drug-likeness (QED) is 0.607. The molecule has 1 aliphatic heterocycles. The predicted octanol–water partition coefficient (Wildman–Crippen LogP) is 3.88. The summed E-state index contributed by atoms with van der Waals surface area (Å²) < 4.78 is 5.76. The van der Waals surface area contributed by atoms with Crippen molar-refractivity contribution in [2.45, 2.75) is 38.1 Å². The van der Waals surface area contributed by atoms with Crippen molar-refractivity contribution in [3.05, 3.63) is 47.1 Å². The Kier molecular flexibility index (Phi) is 4.31. The van der Waals surface area contributed by atoms with Crippen LogP contribution in [0, 0.1) is 0 Å². The molecule has 9 heteroatoms. The van der Waals surface area contributed by atoms with Gasteiger partial charge in [-0.25, -0.2) is 9.98 Å². The number of anilines is 2. The van der Waals surface area contributed by atoms with E-state index in [0.717, 1.165) is 36.9 Å². The molecule has 0 saturated heterocycles. The van der Waals surface area contributed by atoms with Gasteiger partial charge in [0.05, 0.1) is 11.1 Å². The van der Waals surface area contributed by atoms with Gasteiger partial charge in [0, 0.05) is 17.3 Å². The molecule has 5 rings (SSSR count). The van der Waals surface area contributed by atoms with Crippen molar-refractivity contribution >= 4 is 45.4 Å². The van der Waals surface area contributed by atoms with Gasteiger partial charge in [-0.3, -0.25) is 15.4 Å². The molecule has 2 aliphatic rings. The molecule has 2 aromatic heterocycles. The lowest BCUT2D eigenvalue weighted by Crippen LogP contribution is -2.45. The van der Waals surface area contributed by atoms with Crippen LogP contribution in [-0.4, -0.2) is 27.4 Å². The molecule has 0 bridgehead atoms. The third-order valence-electron chi connectivity index (χ3n) is 5.30. The largest absolute Gasteiger partial charge is 0.423 e. The molecule has 1 amide bonds. The summed E-state index contributed by atoms with van der Waals surface area (Å²) >= 11 is 1.40. The number of amides is 1. The van der Waals surface area contributed by atoms with Gasteiger partial charge in [-0.15, -0.1) is 11.3 Å². The first-order valence-corrected chi connectivity index (χ1v) is 10.4. The number of nitrogens with zero attached hydrogens (tertiary/aromatic N) is 3. The minimum Gasteiger partial charge on any atom is -0.423 e. The Bertz CT molecular complexity index is 1090. The summed E-state index contributed by atoms with van der Waals surface area (Å²) in [6, 6.07) is 7.95. The monoisotopic (exact) mass is 408 g/mol. The molecule has 1 aromatic carbocycles. The van der Waals surface area contributed by atoms with Gasteiger partial charge >= 0.3 is 6.01 Å². The van der Waals surface area contributed by atoms with Crippen LogP contribution in [0.4, 0.5) is 11.1 Å². The molecule has 1 saturated carbocycles. The van der Waals surface area contributed by atoms with E-state index in [1.165, 1.54) is 11.3 Å². The Morgan fingerprint density at radius 1 is 1.28 bits per heavy atom. The van der Waals surface area contributed by atoms with E-state index in [-0.39, 0.29) is 5.91 Å². The van der Waals surface area contributed by atoms with Crippen LogP contribution in [0.15, 0.2) is 56.5 Å². The normalized spacial score (nSPS) is 18.0. The lowest BCUT2D eigenvalue weighted by atomic mass is 9.85. The zero-order valence-corrected chi connectivity index (χ0v) is 16.7. The number of oxazole rings is 1. The van der Waals surface area contributed by atoms with Gasteiger partial charge in [0.2, 0.25) is 5.96 Å². The van der Waals surface area contributed by atoms with Gasteiger partial charge in [0.25, 0.3) is 5.91 Å². The van der Waals surface area contributed by atoms with E-state index in [1.54, 1.807) is 6.20 Å². The van der Waals surface area contributed by atoms with Crippen molar-refractivity contribution in [3.63, 3.8) is 0 Å². The van der Waals surface area contributed by atoms with Crippen molar-refractivity contribution in [2.24, 2.45) is 4.99 Å². The summed E-state index contributed by atoms with van der Waals surface area (Å²) in [4.78, 5) is 26.6. The predicted molar refractivity (Wildman–Crippen MR) is 113 cm³/mol. The molecule has 1 fully saturated rings. The van der Waals surface area contributed by atoms with E-state index >= 15 is 0 Å². The summed E-state index contributed by atoms with van der Waals surface area (Å²) in [6.07, 6.45) is 5.38. The standard InChI is InChI=1S/C20H20N6O2S/c1-12-15(16(27)24-19-21-10-11-29-19)20(8-4-5-9-20)26-17(22-12)25-18-23-13-6-2-3-7-14(13)28-18/h2-3,6-7,10-11H,4-5,8-9H2,1H3,(H,21,24,27)(H2,22,23,25,26). The molecule has 1 spiro atoms. The number of aliphatic imine (C=N–C) groups is 1. The third-order valence-corrected chi connectivity index (χ3v) is 5.99. The van der Waals surface area contributed by atoms with Crippen molar-refractivity contribution < 1.29 is 9.21 Å². The van der Waals surface area contributed by atoms with Gasteiger partial charge in [-0.1, -0.05) is 25.0 Å². The molecule has 3 N–H and O–H groups in total. The first-order chi connectivity index (χ1) is 14.1. The van der Waals surface area contributed by atoms with Crippen LogP contribution < -0.4 is 16.0 Å². The van der Waals surface area contributed by atoms with Crippen molar-refractivity contribution in [1.82, 2.24) is 15.3 Å². The molecule has 0 unspecified atom stereocenters. The Morgan fingerprint density at radius 2 is 2.10 bits per heavy atom. The molecule has 8 nitrogen and oxygen atoms in total. The second kappa shape index (κ2) is 7.00. The minimum absolute atomic E-state index is 0.156. The highest BCUT2D eigenvalue weighted by Crippen LogP contribution is 2.42. The molecular formula is C20H20N6O2S. The number of guanidine groups is 1. The number of thiazole rings is 1. The molecule has 3 heterocycles. The fourth-order valence-corrected chi connectivity index (χ4v) is 4.65. The second-order valence-corrected chi connectivity index (χ2v) is 8.12. The smallest absolute Gasteiger partial charge is 0.302 e. The number of aromatic nitrogens is 2. The van der Waals surface area contributed by atoms with Crippen LogP contribution in [0.2, 0.25) is 0 Å². The average Bonchev–Trinajstić information content (AvgIpc) is 3.42.